The third-order valence-corrected chi connectivity index (χ3v) is 7.50. The number of nitrogens with one attached hydrogen (secondary N) is 3. The molecule has 9 heteroatoms. The number of aromatic amines is 1. The van der Waals surface area contributed by atoms with Gasteiger partial charge < -0.3 is 15.0 Å². The fourth-order valence-electron chi connectivity index (χ4n) is 5.30. The Morgan fingerprint density at radius 1 is 1.15 bits per heavy atom. The van der Waals surface area contributed by atoms with Crippen molar-refractivity contribution in [1.29, 1.82) is 0 Å². The van der Waals surface area contributed by atoms with E-state index >= 15 is 0 Å². The van der Waals surface area contributed by atoms with Crippen LogP contribution >= 0.6 is 11.6 Å². The van der Waals surface area contributed by atoms with Crippen molar-refractivity contribution in [2.75, 3.05) is 17.7 Å². The predicted molar refractivity (Wildman–Crippen MR) is 162 cm³/mol. The number of anilines is 2. The number of hydrogen-bond acceptors (Lipinski definition) is 6. The first kappa shape index (κ1) is 27.9. The summed E-state index contributed by atoms with van der Waals surface area (Å²) in [7, 11) is 2.17. The molecule has 1 fully saturated rings. The van der Waals surface area contributed by atoms with Crippen molar-refractivity contribution in [1.82, 2.24) is 19.9 Å². The average molecular weight is 561 g/mol. The Labute approximate surface area is 240 Å². The molecule has 3 N–H and O–H groups in total. The topological polar surface area (TPSA) is 95.2 Å². The van der Waals surface area contributed by atoms with Crippen LogP contribution < -0.4 is 10.6 Å². The number of carbonyl (C=O) groups is 1. The standard InChI is InChI=1S/C31H37ClN6O2/c1-31(2,3)40-30(39)36-21-14-12-20(13-15-21)19-38(4)23-9-7-8-22(16-23)35-29-34-18-26(32)28(37-29)25-17-33-27-11-6-5-10-24(25)27/h5-6,10-15,17-18,22-23,33H,7-9,16,19H2,1-4H3,(H,36,39)(H,34,35,37). The van der Waals surface area contributed by atoms with E-state index in [1.807, 2.05) is 57.3 Å². The van der Waals surface area contributed by atoms with Crippen LogP contribution in [0.25, 0.3) is 22.2 Å². The molecule has 4 aromatic rings. The lowest BCUT2D eigenvalue weighted by atomic mass is 9.90. The number of amides is 1. The lowest BCUT2D eigenvalue weighted by molar-refractivity contribution is 0.0636. The van der Waals surface area contributed by atoms with E-state index < -0.39 is 11.7 Å². The van der Waals surface area contributed by atoms with Crippen LogP contribution in [-0.2, 0) is 11.3 Å². The van der Waals surface area contributed by atoms with Gasteiger partial charge in [0, 0.05) is 47.0 Å². The lowest BCUT2D eigenvalue weighted by Crippen LogP contribution is -2.40. The lowest BCUT2D eigenvalue weighted by Gasteiger charge is -2.35. The molecule has 2 aromatic carbocycles. The van der Waals surface area contributed by atoms with Gasteiger partial charge in [-0.15, -0.1) is 0 Å². The van der Waals surface area contributed by atoms with Crippen LogP contribution in [0.1, 0.15) is 52.0 Å². The average Bonchev–Trinajstić information content (AvgIpc) is 3.34. The van der Waals surface area contributed by atoms with E-state index in [0.717, 1.165) is 60.1 Å². The second-order valence-electron chi connectivity index (χ2n) is 11.5. The molecule has 0 spiro atoms. The van der Waals surface area contributed by atoms with Crippen molar-refractivity contribution < 1.29 is 9.53 Å². The van der Waals surface area contributed by atoms with Gasteiger partial charge in [0.15, 0.2) is 0 Å². The maximum absolute atomic E-state index is 12.0. The Morgan fingerprint density at radius 3 is 2.70 bits per heavy atom. The van der Waals surface area contributed by atoms with Gasteiger partial charge >= 0.3 is 6.09 Å². The number of hydrogen-bond donors (Lipinski definition) is 3. The number of ether oxygens (including phenoxy) is 1. The predicted octanol–water partition coefficient (Wildman–Crippen LogP) is 7.48. The molecule has 1 aliphatic rings. The third kappa shape index (κ3) is 6.92. The molecule has 2 aromatic heterocycles. The maximum Gasteiger partial charge on any atom is 0.412 e. The van der Waals surface area contributed by atoms with Gasteiger partial charge in [-0.25, -0.2) is 14.8 Å². The molecule has 40 heavy (non-hydrogen) atoms. The molecule has 1 saturated carbocycles. The van der Waals surface area contributed by atoms with Crippen LogP contribution in [-0.4, -0.2) is 50.7 Å². The summed E-state index contributed by atoms with van der Waals surface area (Å²) < 4.78 is 5.34. The Balaban J connectivity index is 1.19. The summed E-state index contributed by atoms with van der Waals surface area (Å²) in [5.74, 6) is 0.603. The molecule has 2 unspecified atom stereocenters. The number of aromatic nitrogens is 3. The van der Waals surface area contributed by atoms with E-state index in [9.17, 15) is 4.79 Å². The first-order valence-corrected chi connectivity index (χ1v) is 14.2. The van der Waals surface area contributed by atoms with E-state index in [1.54, 1.807) is 6.20 Å². The Hall–Kier alpha value is -3.62. The molecule has 5 rings (SSSR count). The van der Waals surface area contributed by atoms with Crippen molar-refractivity contribution in [2.24, 2.45) is 0 Å². The molecule has 0 radical (unpaired) electrons. The van der Waals surface area contributed by atoms with Crippen LogP contribution in [0.2, 0.25) is 5.02 Å². The summed E-state index contributed by atoms with van der Waals surface area (Å²) >= 11 is 6.53. The van der Waals surface area contributed by atoms with Gasteiger partial charge in [0.2, 0.25) is 5.95 Å². The third-order valence-electron chi connectivity index (χ3n) is 7.22. The van der Waals surface area contributed by atoms with Crippen molar-refractivity contribution in [3.05, 3.63) is 71.5 Å². The smallest absolute Gasteiger partial charge is 0.412 e. The molecular formula is C31H37ClN6O2. The van der Waals surface area contributed by atoms with E-state index in [2.05, 4.69) is 50.7 Å². The van der Waals surface area contributed by atoms with Crippen molar-refractivity contribution in [3.8, 4) is 11.3 Å². The van der Waals surface area contributed by atoms with Gasteiger partial charge in [-0.1, -0.05) is 41.9 Å². The van der Waals surface area contributed by atoms with E-state index in [1.165, 1.54) is 5.56 Å². The summed E-state index contributed by atoms with van der Waals surface area (Å²) in [6.07, 6.45) is 7.54. The van der Waals surface area contributed by atoms with Crippen LogP contribution in [0.15, 0.2) is 60.9 Å². The number of carbonyl (C=O) groups excluding carboxylic acids is 1. The number of rotatable bonds is 7. The summed E-state index contributed by atoms with van der Waals surface area (Å²) in [4.78, 5) is 27.1. The summed E-state index contributed by atoms with van der Waals surface area (Å²) in [5, 5.41) is 7.99. The normalized spacial score (nSPS) is 17.6. The van der Waals surface area contributed by atoms with Crippen LogP contribution in [0.4, 0.5) is 16.4 Å². The Morgan fingerprint density at radius 2 is 1.93 bits per heavy atom. The molecule has 2 heterocycles. The fourth-order valence-corrected chi connectivity index (χ4v) is 5.50. The van der Waals surface area contributed by atoms with Crippen LogP contribution in [0.3, 0.4) is 0 Å². The molecule has 210 valence electrons. The maximum atomic E-state index is 12.0. The zero-order chi connectivity index (χ0) is 28.3. The quantitative estimate of drug-likeness (QED) is 0.217. The second kappa shape index (κ2) is 11.9. The van der Waals surface area contributed by atoms with E-state index in [4.69, 9.17) is 21.3 Å². The number of nitrogens with zero attached hydrogens (tertiary/aromatic N) is 3. The minimum atomic E-state index is -0.529. The van der Waals surface area contributed by atoms with Crippen molar-refractivity contribution in [2.45, 2.75) is 70.7 Å². The minimum Gasteiger partial charge on any atom is -0.444 e. The molecule has 0 saturated heterocycles. The van der Waals surface area contributed by atoms with Gasteiger partial charge in [-0.2, -0.15) is 0 Å². The number of halogens is 1. The van der Waals surface area contributed by atoms with Gasteiger partial charge in [-0.05, 0) is 77.3 Å². The molecule has 8 nitrogen and oxygen atoms in total. The molecule has 0 aliphatic heterocycles. The van der Waals surface area contributed by atoms with E-state index in [-0.39, 0.29) is 6.04 Å². The van der Waals surface area contributed by atoms with Crippen LogP contribution in [0.5, 0.6) is 0 Å². The largest absolute Gasteiger partial charge is 0.444 e. The molecule has 1 amide bonds. The number of H-pyrrole nitrogens is 1. The zero-order valence-electron chi connectivity index (χ0n) is 23.5. The number of para-hydroxylation sites is 1. The van der Waals surface area contributed by atoms with Crippen molar-refractivity contribution >= 4 is 40.2 Å². The van der Waals surface area contributed by atoms with Gasteiger partial charge in [0.05, 0.1) is 16.9 Å². The number of fused-ring (bicyclic) bond motifs is 1. The zero-order valence-corrected chi connectivity index (χ0v) is 24.3. The van der Waals surface area contributed by atoms with Crippen LogP contribution in [0, 0.1) is 0 Å². The summed E-state index contributed by atoms with van der Waals surface area (Å²) in [6, 6.07) is 16.8. The highest BCUT2D eigenvalue weighted by atomic mass is 35.5. The van der Waals surface area contributed by atoms with Crippen molar-refractivity contribution in [3.63, 3.8) is 0 Å². The molecule has 1 aliphatic carbocycles. The summed E-state index contributed by atoms with van der Waals surface area (Å²) in [6.45, 7) is 6.37. The highest BCUT2D eigenvalue weighted by molar-refractivity contribution is 6.33. The van der Waals surface area contributed by atoms with Gasteiger partial charge in [-0.3, -0.25) is 10.2 Å². The fraction of sp³-hybridized carbons (Fsp3) is 0.387. The SMILES string of the molecule is CN(Cc1ccc(NC(=O)OC(C)(C)C)cc1)C1CCCC(Nc2ncc(Cl)c(-c3c[nH]c4ccccc34)n2)C1. The van der Waals surface area contributed by atoms with E-state index in [0.29, 0.717) is 17.0 Å². The van der Waals surface area contributed by atoms with Gasteiger partial charge in [0.1, 0.15) is 5.60 Å². The Bertz CT molecular complexity index is 1460. The second-order valence-corrected chi connectivity index (χ2v) is 11.9. The molecular weight excluding hydrogens is 524 g/mol. The molecule has 0 bridgehead atoms. The monoisotopic (exact) mass is 560 g/mol. The highest BCUT2D eigenvalue weighted by Gasteiger charge is 2.26. The first-order valence-electron chi connectivity index (χ1n) is 13.8. The summed E-state index contributed by atoms with van der Waals surface area (Å²) in [5.41, 5.74) is 4.13. The number of benzene rings is 2. The Kier molecular flexibility index (Phi) is 8.28. The minimum absolute atomic E-state index is 0.276. The highest BCUT2D eigenvalue weighted by Crippen LogP contribution is 2.33. The molecule has 2 atom stereocenters. The van der Waals surface area contributed by atoms with Gasteiger partial charge in [0.25, 0.3) is 0 Å². The first-order chi connectivity index (χ1) is 19.1.